The smallest absolute Gasteiger partial charge is 0.274 e. The largest absolute Gasteiger partial charge is 0.356 e. The number of benzene rings is 2. The van der Waals surface area contributed by atoms with Gasteiger partial charge < -0.3 is 33.0 Å². The molecule has 0 fully saturated rings. The average molecular weight is 773 g/mol. The zero-order valence-corrected chi connectivity index (χ0v) is 30.8. The molecule has 14 heteroatoms. The van der Waals surface area contributed by atoms with Crippen molar-refractivity contribution < 1.29 is 9.05 Å². The predicted octanol–water partition coefficient (Wildman–Crippen LogP) is 9.31. The maximum absolute atomic E-state index is 12.8. The Labute approximate surface area is 319 Å². The van der Waals surface area contributed by atoms with Gasteiger partial charge in [-0.25, -0.2) is 0 Å². The Kier molecular flexibility index (Phi) is 10.8. The van der Waals surface area contributed by atoms with Crippen molar-refractivity contribution in [3.05, 3.63) is 127 Å². The third kappa shape index (κ3) is 6.96. The highest BCUT2D eigenvalue weighted by Gasteiger charge is 2.22. The molecule has 0 aliphatic heterocycles. The number of pyridine rings is 2. The van der Waals surface area contributed by atoms with Crippen molar-refractivity contribution in [3.63, 3.8) is 0 Å². The number of hydrogen-bond acceptors (Lipinski definition) is 7. The zero-order chi connectivity index (χ0) is 36.7. The Morgan fingerprint density at radius 1 is 0.717 bits per heavy atom. The fraction of sp³-hybridized carbons (Fsp3) is 0.179. The molecule has 8 rings (SSSR count). The molecule has 0 saturated carbocycles. The van der Waals surface area contributed by atoms with Gasteiger partial charge in [0.1, 0.15) is 11.0 Å². The van der Waals surface area contributed by atoms with E-state index < -0.39 is 0 Å². The number of hydrogen-bond donors (Lipinski definition) is 2. The van der Waals surface area contributed by atoms with Crippen molar-refractivity contribution in [2.24, 2.45) is 7.05 Å². The third-order valence-corrected chi connectivity index (χ3v) is 10.2. The van der Waals surface area contributed by atoms with Gasteiger partial charge in [0, 0.05) is 78.0 Å². The first-order valence-corrected chi connectivity index (χ1v) is 17.3. The summed E-state index contributed by atoms with van der Waals surface area (Å²) in [7, 11) is 5.67. The second kappa shape index (κ2) is 15.3. The number of rotatable bonds is 7. The molecule has 6 aromatic heterocycles. The van der Waals surface area contributed by atoms with Gasteiger partial charge in [0.25, 0.3) is 11.1 Å². The highest BCUT2D eigenvalue weighted by molar-refractivity contribution is 6.43. The van der Waals surface area contributed by atoms with Crippen molar-refractivity contribution in [2.75, 3.05) is 20.6 Å². The van der Waals surface area contributed by atoms with E-state index in [-0.39, 0.29) is 18.5 Å². The normalized spacial score (nSPS) is 11.2. The number of aryl methyl sites for hydroxylation is 2. The molecule has 0 radical (unpaired) electrons. The second-order valence-electron chi connectivity index (χ2n) is 12.5. The van der Waals surface area contributed by atoms with E-state index in [1.54, 1.807) is 54.9 Å². The summed E-state index contributed by atoms with van der Waals surface area (Å²) in [6, 6.07) is 15.0. The number of H-pyrrole nitrogens is 2. The maximum atomic E-state index is 12.8. The summed E-state index contributed by atoms with van der Waals surface area (Å²) < 4.78 is 14.2. The van der Waals surface area contributed by atoms with Gasteiger partial charge in [-0.1, -0.05) is 82.9 Å². The van der Waals surface area contributed by atoms with Gasteiger partial charge >= 0.3 is 0 Å². The molecule has 0 aliphatic carbocycles. The number of nitrogens with zero attached hydrogens (tertiary/aromatic N) is 5. The molecule has 0 spiro atoms. The highest BCUT2D eigenvalue weighted by atomic mass is 35.5. The van der Waals surface area contributed by atoms with Gasteiger partial charge in [-0.15, -0.1) is 0 Å². The van der Waals surface area contributed by atoms with E-state index >= 15 is 0 Å². The van der Waals surface area contributed by atoms with Crippen LogP contribution in [-0.2, 0) is 13.6 Å². The Balaban J connectivity index is 0.000000180. The number of aromatic nitrogens is 6. The molecule has 272 valence electrons. The molecule has 0 amide bonds. The second-order valence-corrected chi connectivity index (χ2v) is 13.7. The number of halogens is 3. The van der Waals surface area contributed by atoms with Crippen LogP contribution in [0.1, 0.15) is 13.0 Å². The zero-order valence-electron chi connectivity index (χ0n) is 28.5. The minimum Gasteiger partial charge on any atom is -0.356 e. The van der Waals surface area contributed by atoms with E-state index in [2.05, 4.69) is 20.3 Å². The van der Waals surface area contributed by atoms with Crippen LogP contribution in [0.5, 0.6) is 0 Å². The first-order valence-electron chi connectivity index (χ1n) is 16.2. The first kappa shape index (κ1) is 37.4. The molecule has 11 nitrogen and oxygen atoms in total. The van der Waals surface area contributed by atoms with Gasteiger partial charge in [-0.3, -0.25) is 9.59 Å². The van der Waals surface area contributed by atoms with Gasteiger partial charge in [-0.2, -0.15) is 0 Å². The fourth-order valence-corrected chi connectivity index (χ4v) is 6.68. The fourth-order valence-electron chi connectivity index (χ4n) is 6.05. The number of fused-ring (bicyclic) bond motifs is 2. The maximum Gasteiger partial charge on any atom is 0.274 e. The van der Waals surface area contributed by atoms with Crippen LogP contribution in [0.15, 0.2) is 104 Å². The molecule has 0 unspecified atom stereocenters. The lowest BCUT2D eigenvalue weighted by molar-refractivity contribution is 0.381. The van der Waals surface area contributed by atoms with Crippen LogP contribution >= 0.6 is 34.8 Å². The topological polar surface area (TPSA) is 131 Å². The standard InChI is InChI=1S/C20H18Cl2N4O2.C18H14ClN3O2.CH4/c1-25(2)8-9-26-7-6-13-14(10-23-18(13)20(26)27)19-15(11-24-28-19)12-4-3-5-16(21)17(12)22;1-10-4-3-5-11(15(10)19)14-9-21-24-17(14)13-8-20-16-12(13)6-7-22(2)18(16)23;/h3-7,10-11,23H,8-9H2,1-2H3;3-9,20H,1-2H3;1H4. The summed E-state index contributed by atoms with van der Waals surface area (Å²) in [6.45, 7) is 3.34. The van der Waals surface area contributed by atoms with Crippen LogP contribution in [0.2, 0.25) is 15.1 Å². The van der Waals surface area contributed by atoms with Crippen LogP contribution in [0.3, 0.4) is 0 Å². The van der Waals surface area contributed by atoms with Crippen LogP contribution in [0.4, 0.5) is 0 Å². The summed E-state index contributed by atoms with van der Waals surface area (Å²) in [4.78, 5) is 33.2. The monoisotopic (exact) mass is 771 g/mol. The van der Waals surface area contributed by atoms with E-state index in [4.69, 9.17) is 43.8 Å². The van der Waals surface area contributed by atoms with Crippen molar-refractivity contribution in [1.29, 1.82) is 0 Å². The highest BCUT2D eigenvalue weighted by Crippen LogP contribution is 2.41. The molecule has 0 atom stereocenters. The van der Waals surface area contributed by atoms with Gasteiger partial charge in [0.15, 0.2) is 11.5 Å². The summed E-state index contributed by atoms with van der Waals surface area (Å²) in [5.41, 5.74) is 6.49. The first-order chi connectivity index (χ1) is 25.0. The van der Waals surface area contributed by atoms with E-state index in [0.29, 0.717) is 49.7 Å². The molecule has 0 bridgehead atoms. The van der Waals surface area contributed by atoms with Gasteiger partial charge in [-0.05, 0) is 44.8 Å². The Hall–Kier alpha value is -5.33. The van der Waals surface area contributed by atoms with E-state index in [1.807, 2.05) is 68.4 Å². The molecule has 6 heterocycles. The lowest BCUT2D eigenvalue weighted by atomic mass is 10.0. The van der Waals surface area contributed by atoms with E-state index in [1.165, 1.54) is 4.57 Å². The van der Waals surface area contributed by atoms with Crippen LogP contribution in [0.25, 0.3) is 66.7 Å². The average Bonchev–Trinajstić information content (AvgIpc) is 3.95. The number of likely N-dealkylation sites (N-methyl/N-ethyl adjacent to an activating group) is 1. The Morgan fingerprint density at radius 2 is 1.26 bits per heavy atom. The van der Waals surface area contributed by atoms with Crippen molar-refractivity contribution in [2.45, 2.75) is 20.9 Å². The minimum absolute atomic E-state index is 0. The third-order valence-electron chi connectivity index (χ3n) is 8.88. The summed E-state index contributed by atoms with van der Waals surface area (Å²) >= 11 is 19.0. The van der Waals surface area contributed by atoms with Crippen molar-refractivity contribution in [3.8, 4) is 44.9 Å². The van der Waals surface area contributed by atoms with Crippen LogP contribution < -0.4 is 11.1 Å². The van der Waals surface area contributed by atoms with Crippen molar-refractivity contribution in [1.82, 2.24) is 34.3 Å². The molecular formula is C39H36Cl3N7O4. The Morgan fingerprint density at radius 3 is 1.87 bits per heavy atom. The van der Waals surface area contributed by atoms with E-state index in [0.717, 1.165) is 50.7 Å². The molecule has 2 aromatic carbocycles. The molecule has 8 aromatic rings. The molecule has 0 saturated heterocycles. The predicted molar refractivity (Wildman–Crippen MR) is 213 cm³/mol. The molecular weight excluding hydrogens is 737 g/mol. The van der Waals surface area contributed by atoms with E-state index in [9.17, 15) is 9.59 Å². The number of aromatic amines is 2. The minimum atomic E-state index is -0.0894. The quantitative estimate of drug-likeness (QED) is 0.165. The summed E-state index contributed by atoms with van der Waals surface area (Å²) in [6.07, 6.45) is 10.3. The summed E-state index contributed by atoms with van der Waals surface area (Å²) in [5.74, 6) is 1.11. The molecule has 2 N–H and O–H groups in total. The van der Waals surface area contributed by atoms with Gasteiger partial charge in [0.2, 0.25) is 0 Å². The van der Waals surface area contributed by atoms with Crippen LogP contribution in [-0.4, -0.2) is 55.0 Å². The summed E-state index contributed by atoms with van der Waals surface area (Å²) in [5, 5.41) is 11.0. The molecule has 0 aliphatic rings. The lowest BCUT2D eigenvalue weighted by Crippen LogP contribution is -2.26. The number of nitrogens with one attached hydrogen (secondary N) is 2. The van der Waals surface area contributed by atoms with Crippen LogP contribution in [0, 0.1) is 6.92 Å². The van der Waals surface area contributed by atoms with Gasteiger partial charge in [0.05, 0.1) is 38.6 Å². The molecule has 53 heavy (non-hydrogen) atoms. The lowest BCUT2D eigenvalue weighted by Gasteiger charge is -2.11. The Bertz CT molecular complexity index is 2700. The van der Waals surface area contributed by atoms with Crippen molar-refractivity contribution >= 4 is 56.6 Å². The SMILES string of the molecule is C.CN(C)CCn1ccc2c(-c3oncc3-c3cccc(Cl)c3Cl)c[nH]c2c1=O.Cc1cccc(-c2cnoc2-c2c[nH]c3c(=O)n(C)ccc23)c1Cl.